The van der Waals surface area contributed by atoms with Crippen LogP contribution >= 0.6 is 0 Å². The molecule has 0 fully saturated rings. The van der Waals surface area contributed by atoms with Crippen molar-refractivity contribution >= 4 is 5.78 Å². The van der Waals surface area contributed by atoms with Crippen molar-refractivity contribution in [1.29, 1.82) is 5.53 Å². The third-order valence-corrected chi connectivity index (χ3v) is 7.14. The number of unbranched alkanes of at least 4 members (excludes halogenated alkanes) is 20. The highest BCUT2D eigenvalue weighted by atomic mass is 16.1. The van der Waals surface area contributed by atoms with E-state index in [1.165, 1.54) is 135 Å². The highest BCUT2D eigenvalue weighted by Gasteiger charge is 2.13. The topological polar surface area (TPSA) is 53.3 Å². The molecule has 33 heavy (non-hydrogen) atoms. The molecule has 0 aromatic heterocycles. The number of hydrogen-bond donors (Lipinski definition) is 1. The van der Waals surface area contributed by atoms with Crippen molar-refractivity contribution < 1.29 is 4.79 Å². The molecule has 0 aliphatic carbocycles. The van der Waals surface area contributed by atoms with E-state index in [1.807, 2.05) is 0 Å². The summed E-state index contributed by atoms with van der Waals surface area (Å²) in [5, 5.41) is 3.61. The Morgan fingerprint density at radius 3 is 1.33 bits per heavy atom. The lowest BCUT2D eigenvalue weighted by Gasteiger charge is -2.13. The Morgan fingerprint density at radius 2 is 0.939 bits per heavy atom. The molecular weight excluding hydrogens is 404 g/mol. The van der Waals surface area contributed by atoms with Gasteiger partial charge in [0.1, 0.15) is 5.78 Å². The van der Waals surface area contributed by atoms with Crippen molar-refractivity contribution in [2.45, 2.75) is 174 Å². The van der Waals surface area contributed by atoms with Crippen LogP contribution in [-0.2, 0) is 4.79 Å². The number of nitrogens with one attached hydrogen (secondary N) is 1. The monoisotopic (exact) mass is 464 g/mol. The van der Waals surface area contributed by atoms with Gasteiger partial charge >= 0.3 is 0 Å². The summed E-state index contributed by atoms with van der Waals surface area (Å²) in [7, 11) is 0. The minimum Gasteiger partial charge on any atom is -0.300 e. The quantitative estimate of drug-likeness (QED) is 0.0908. The first kappa shape index (κ1) is 32.3. The molecule has 0 saturated carbocycles. The Morgan fingerprint density at radius 1 is 0.576 bits per heavy atom. The summed E-state index contributed by atoms with van der Waals surface area (Å²) < 4.78 is 0. The van der Waals surface area contributed by atoms with Gasteiger partial charge in [-0.05, 0) is 18.8 Å². The SMILES string of the molecule is CCCCCCCCCCCCCCCCC(=O)CC(CCCCCCCCCC)CN=N. The summed E-state index contributed by atoms with van der Waals surface area (Å²) in [6.45, 7) is 5.09. The third kappa shape index (κ3) is 25.7. The predicted molar refractivity (Wildman–Crippen MR) is 145 cm³/mol. The first-order chi connectivity index (χ1) is 16.2. The van der Waals surface area contributed by atoms with Gasteiger partial charge in [0, 0.05) is 12.8 Å². The van der Waals surface area contributed by atoms with E-state index < -0.39 is 0 Å². The van der Waals surface area contributed by atoms with E-state index in [9.17, 15) is 4.79 Å². The van der Waals surface area contributed by atoms with E-state index in [0.29, 0.717) is 24.7 Å². The minimum atomic E-state index is 0.307. The Hall–Kier alpha value is -0.730. The highest BCUT2D eigenvalue weighted by Crippen LogP contribution is 2.19. The van der Waals surface area contributed by atoms with Crippen LogP contribution in [0.3, 0.4) is 0 Å². The fourth-order valence-corrected chi connectivity index (χ4v) is 4.89. The van der Waals surface area contributed by atoms with E-state index in [-0.39, 0.29) is 0 Å². The second kappa shape index (κ2) is 27.5. The van der Waals surface area contributed by atoms with E-state index in [0.717, 1.165) is 19.3 Å². The molecule has 1 unspecified atom stereocenters. The van der Waals surface area contributed by atoms with Gasteiger partial charge in [0.05, 0.1) is 6.54 Å². The van der Waals surface area contributed by atoms with Crippen molar-refractivity contribution in [1.82, 2.24) is 0 Å². The van der Waals surface area contributed by atoms with Gasteiger partial charge in [-0.25, -0.2) is 5.53 Å². The lowest BCUT2D eigenvalue weighted by molar-refractivity contribution is -0.120. The molecule has 3 nitrogen and oxygen atoms in total. The molecule has 0 rings (SSSR count). The molecule has 3 heteroatoms. The molecular formula is C30H60N2O. The molecule has 0 aromatic rings. The molecule has 0 spiro atoms. The van der Waals surface area contributed by atoms with Crippen molar-refractivity contribution in [2.75, 3.05) is 6.54 Å². The average Bonchev–Trinajstić information content (AvgIpc) is 2.81. The maximum absolute atomic E-state index is 12.4. The van der Waals surface area contributed by atoms with Gasteiger partial charge in [-0.1, -0.05) is 149 Å². The molecule has 0 aliphatic heterocycles. The number of nitrogens with zero attached hydrogens (tertiary/aromatic N) is 1. The molecule has 0 bridgehead atoms. The minimum absolute atomic E-state index is 0.307. The van der Waals surface area contributed by atoms with Crippen LogP contribution in [0.5, 0.6) is 0 Å². The zero-order chi connectivity index (χ0) is 24.2. The molecule has 0 radical (unpaired) electrons. The number of ketones is 1. The van der Waals surface area contributed by atoms with Gasteiger partial charge in [-0.2, -0.15) is 5.11 Å². The molecule has 0 aliphatic rings. The highest BCUT2D eigenvalue weighted by molar-refractivity contribution is 5.78. The number of Topliss-reactive ketones (excluding diaryl/α,β-unsaturated/α-hetero) is 1. The second-order valence-corrected chi connectivity index (χ2v) is 10.6. The Balaban J connectivity index is 3.52. The van der Waals surface area contributed by atoms with Gasteiger partial charge in [0.15, 0.2) is 0 Å². The molecule has 0 heterocycles. The Labute approximate surface area is 208 Å². The lowest BCUT2D eigenvalue weighted by atomic mass is 9.93. The van der Waals surface area contributed by atoms with Gasteiger partial charge in [-0.3, -0.25) is 4.79 Å². The first-order valence-corrected chi connectivity index (χ1v) is 15.1. The van der Waals surface area contributed by atoms with Crippen LogP contribution in [0.4, 0.5) is 0 Å². The smallest absolute Gasteiger partial charge is 0.133 e. The molecule has 0 saturated heterocycles. The van der Waals surface area contributed by atoms with Crippen LogP contribution in [0.25, 0.3) is 0 Å². The zero-order valence-electron chi connectivity index (χ0n) is 22.8. The zero-order valence-corrected chi connectivity index (χ0v) is 22.8. The van der Waals surface area contributed by atoms with E-state index in [2.05, 4.69) is 19.0 Å². The standard InChI is InChI=1S/C30H60N2O/c1-3-5-7-9-11-13-14-15-16-17-18-20-22-24-26-30(33)27-29(28-32-31)25-23-21-19-12-10-8-6-4-2/h29,31H,3-28H2,1-2H3. The lowest BCUT2D eigenvalue weighted by Crippen LogP contribution is -2.11. The first-order valence-electron chi connectivity index (χ1n) is 15.1. The van der Waals surface area contributed by atoms with Crippen molar-refractivity contribution in [3.8, 4) is 0 Å². The largest absolute Gasteiger partial charge is 0.300 e. The maximum Gasteiger partial charge on any atom is 0.133 e. The van der Waals surface area contributed by atoms with Gasteiger partial charge in [0.2, 0.25) is 0 Å². The third-order valence-electron chi connectivity index (χ3n) is 7.14. The molecule has 1 N–H and O–H groups in total. The second-order valence-electron chi connectivity index (χ2n) is 10.6. The van der Waals surface area contributed by atoms with Crippen LogP contribution in [0, 0.1) is 11.4 Å². The summed E-state index contributed by atoms with van der Waals surface area (Å²) in [5.41, 5.74) is 7.22. The number of carbonyl (C=O) groups is 1. The Kier molecular flexibility index (Phi) is 26.9. The fraction of sp³-hybridized carbons (Fsp3) is 0.967. The summed E-state index contributed by atoms with van der Waals surface area (Å²) in [4.78, 5) is 12.4. The van der Waals surface area contributed by atoms with Crippen LogP contribution in [0.15, 0.2) is 5.11 Å². The molecule has 1 atom stereocenters. The van der Waals surface area contributed by atoms with Crippen LogP contribution < -0.4 is 0 Å². The average molecular weight is 465 g/mol. The van der Waals surface area contributed by atoms with E-state index in [4.69, 9.17) is 5.53 Å². The van der Waals surface area contributed by atoms with E-state index in [1.54, 1.807) is 0 Å². The number of carbonyl (C=O) groups excluding carboxylic acids is 1. The van der Waals surface area contributed by atoms with Gasteiger partial charge in [-0.15, -0.1) is 0 Å². The summed E-state index contributed by atoms with van der Waals surface area (Å²) in [6, 6.07) is 0. The maximum atomic E-state index is 12.4. The summed E-state index contributed by atoms with van der Waals surface area (Å²) >= 11 is 0. The summed E-state index contributed by atoms with van der Waals surface area (Å²) in [6.07, 6.45) is 32.0. The number of rotatable bonds is 28. The van der Waals surface area contributed by atoms with Crippen LogP contribution in [-0.4, -0.2) is 12.3 Å². The molecule has 0 aromatic carbocycles. The van der Waals surface area contributed by atoms with Crippen molar-refractivity contribution in [3.05, 3.63) is 0 Å². The molecule has 0 amide bonds. The number of hydrogen-bond acceptors (Lipinski definition) is 3. The van der Waals surface area contributed by atoms with Gasteiger partial charge in [0.25, 0.3) is 0 Å². The van der Waals surface area contributed by atoms with Crippen molar-refractivity contribution in [2.24, 2.45) is 11.0 Å². The van der Waals surface area contributed by atoms with Crippen molar-refractivity contribution in [3.63, 3.8) is 0 Å². The summed E-state index contributed by atoms with van der Waals surface area (Å²) in [5.74, 6) is 0.712. The fourth-order valence-electron chi connectivity index (χ4n) is 4.89. The molecule has 196 valence electrons. The van der Waals surface area contributed by atoms with Crippen LogP contribution in [0.2, 0.25) is 0 Å². The van der Waals surface area contributed by atoms with Crippen LogP contribution in [0.1, 0.15) is 174 Å². The van der Waals surface area contributed by atoms with E-state index >= 15 is 0 Å². The normalized spacial score (nSPS) is 12.2. The predicted octanol–water partition coefficient (Wildman–Crippen LogP) is 11.0. The Bertz CT molecular complexity index is 410. The van der Waals surface area contributed by atoms with Gasteiger partial charge < -0.3 is 0 Å².